The van der Waals surface area contributed by atoms with E-state index in [1.807, 2.05) is 50.2 Å². The number of hydrogen-bond donors (Lipinski definition) is 3. The van der Waals surface area contributed by atoms with Crippen LogP contribution in [0.5, 0.6) is 0 Å². The molecule has 2 aromatic carbocycles. The molecule has 1 aliphatic heterocycles. The third-order valence-electron chi connectivity index (χ3n) is 5.58. The number of urea groups is 1. The first-order valence-corrected chi connectivity index (χ1v) is 11.5. The molecule has 0 atom stereocenters. The highest BCUT2D eigenvalue weighted by Gasteiger charge is 2.16. The van der Waals surface area contributed by atoms with Crippen molar-refractivity contribution in [2.75, 3.05) is 5.32 Å². The van der Waals surface area contributed by atoms with E-state index in [-0.39, 0.29) is 18.0 Å². The van der Waals surface area contributed by atoms with Gasteiger partial charge in [-0.1, -0.05) is 30.7 Å². The summed E-state index contributed by atoms with van der Waals surface area (Å²) in [7, 11) is 0. The Labute approximate surface area is 193 Å². The molecule has 3 amide bonds. The number of aromatic nitrogens is 3. The topological polar surface area (TPSA) is 101 Å². The molecule has 1 aliphatic rings. The van der Waals surface area contributed by atoms with Crippen LogP contribution in [0, 0.1) is 0 Å². The summed E-state index contributed by atoms with van der Waals surface area (Å²) in [4.78, 5) is 24.5. The summed E-state index contributed by atoms with van der Waals surface area (Å²) in [5, 5.41) is 17.3. The lowest BCUT2D eigenvalue weighted by atomic mass is 10.1. The molecule has 4 rings (SSSR count). The summed E-state index contributed by atoms with van der Waals surface area (Å²) in [5.74, 6) is 1.69. The standard InChI is InChI=1S/C25H30N6O2/c1-17(2)27-25(33)26-16-18-10-12-19(13-11-18)24(32)28-21-8-6-7-20(15-21)23-30-29-22-9-4-3-5-14-31(22)23/h6-8,10-13,15,17H,3-5,9,14,16H2,1-2H3,(H,28,32)(H2,26,27,33). The maximum atomic E-state index is 12.8. The smallest absolute Gasteiger partial charge is 0.315 e. The zero-order valence-electron chi connectivity index (χ0n) is 19.1. The number of rotatable bonds is 6. The SMILES string of the molecule is CC(C)NC(=O)NCc1ccc(C(=O)Nc2cccc(-c3nnc4n3CCCCC4)c2)cc1. The van der Waals surface area contributed by atoms with E-state index in [0.29, 0.717) is 17.8 Å². The normalized spacial score (nSPS) is 13.2. The average Bonchev–Trinajstić information content (AvgIpc) is 3.06. The van der Waals surface area contributed by atoms with Crippen LogP contribution in [0.1, 0.15) is 54.9 Å². The number of benzene rings is 2. The monoisotopic (exact) mass is 446 g/mol. The molecule has 3 N–H and O–H groups in total. The molecule has 0 bridgehead atoms. The molecular weight excluding hydrogens is 416 g/mol. The molecule has 0 spiro atoms. The third kappa shape index (κ3) is 5.77. The molecule has 8 nitrogen and oxygen atoms in total. The Hall–Kier alpha value is -3.68. The van der Waals surface area contributed by atoms with Gasteiger partial charge in [0.2, 0.25) is 0 Å². The van der Waals surface area contributed by atoms with Gasteiger partial charge in [0.05, 0.1) is 0 Å². The summed E-state index contributed by atoms with van der Waals surface area (Å²) in [6.07, 6.45) is 4.44. The fraction of sp³-hybridized carbons (Fsp3) is 0.360. The molecule has 2 heterocycles. The highest BCUT2D eigenvalue weighted by atomic mass is 16.2. The van der Waals surface area contributed by atoms with E-state index in [9.17, 15) is 9.59 Å². The highest BCUT2D eigenvalue weighted by molar-refractivity contribution is 6.04. The fourth-order valence-corrected chi connectivity index (χ4v) is 3.91. The zero-order chi connectivity index (χ0) is 23.2. The minimum absolute atomic E-state index is 0.0780. The number of hydrogen-bond acceptors (Lipinski definition) is 4. The van der Waals surface area contributed by atoms with Crippen LogP contribution in [-0.4, -0.2) is 32.7 Å². The van der Waals surface area contributed by atoms with Gasteiger partial charge in [-0.05, 0) is 56.5 Å². The molecule has 172 valence electrons. The molecule has 0 aliphatic carbocycles. The first-order valence-electron chi connectivity index (χ1n) is 11.5. The maximum absolute atomic E-state index is 12.8. The quantitative estimate of drug-likeness (QED) is 0.530. The molecule has 33 heavy (non-hydrogen) atoms. The van der Waals surface area contributed by atoms with Crippen LogP contribution in [0.4, 0.5) is 10.5 Å². The molecule has 0 unspecified atom stereocenters. The number of nitrogens with one attached hydrogen (secondary N) is 3. The van der Waals surface area contributed by atoms with Crippen LogP contribution in [0.15, 0.2) is 48.5 Å². The predicted molar refractivity (Wildman–Crippen MR) is 128 cm³/mol. The van der Waals surface area contributed by atoms with Gasteiger partial charge in [0.25, 0.3) is 5.91 Å². The number of carbonyl (C=O) groups is 2. The van der Waals surface area contributed by atoms with Crippen molar-refractivity contribution < 1.29 is 9.59 Å². The van der Waals surface area contributed by atoms with Gasteiger partial charge in [0, 0.05) is 42.4 Å². The van der Waals surface area contributed by atoms with Gasteiger partial charge in [0.1, 0.15) is 5.82 Å². The second-order valence-electron chi connectivity index (χ2n) is 8.62. The van der Waals surface area contributed by atoms with Crippen molar-refractivity contribution in [1.29, 1.82) is 0 Å². The number of anilines is 1. The largest absolute Gasteiger partial charge is 0.336 e. The summed E-state index contributed by atoms with van der Waals surface area (Å²) in [6.45, 7) is 5.13. The average molecular weight is 447 g/mol. The molecular formula is C25H30N6O2. The van der Waals surface area contributed by atoms with Gasteiger partial charge in [-0.15, -0.1) is 10.2 Å². The molecule has 0 fully saturated rings. The Morgan fingerprint density at radius 1 is 1.03 bits per heavy atom. The van der Waals surface area contributed by atoms with Crippen LogP contribution in [0.2, 0.25) is 0 Å². The minimum Gasteiger partial charge on any atom is -0.336 e. The minimum atomic E-state index is -0.212. The number of nitrogens with zero attached hydrogens (tertiary/aromatic N) is 3. The first kappa shape index (κ1) is 22.5. The third-order valence-corrected chi connectivity index (χ3v) is 5.58. The summed E-state index contributed by atoms with van der Waals surface area (Å²) < 4.78 is 2.20. The Balaban J connectivity index is 1.40. The highest BCUT2D eigenvalue weighted by Crippen LogP contribution is 2.25. The Bertz CT molecular complexity index is 1120. The van der Waals surface area contributed by atoms with E-state index < -0.39 is 0 Å². The van der Waals surface area contributed by atoms with Crippen molar-refractivity contribution in [2.45, 2.75) is 58.7 Å². The Morgan fingerprint density at radius 2 is 1.85 bits per heavy atom. The number of fused-ring (bicyclic) bond motifs is 1. The molecule has 0 saturated heterocycles. The number of amides is 3. The van der Waals surface area contributed by atoms with Crippen molar-refractivity contribution in [3.63, 3.8) is 0 Å². The van der Waals surface area contributed by atoms with Gasteiger partial charge in [0.15, 0.2) is 5.82 Å². The maximum Gasteiger partial charge on any atom is 0.315 e. The van der Waals surface area contributed by atoms with Crippen LogP contribution in [0.3, 0.4) is 0 Å². The van der Waals surface area contributed by atoms with Crippen LogP contribution in [-0.2, 0) is 19.5 Å². The van der Waals surface area contributed by atoms with Crippen molar-refractivity contribution in [3.8, 4) is 11.4 Å². The van der Waals surface area contributed by atoms with E-state index in [0.717, 1.165) is 48.6 Å². The molecule has 8 heteroatoms. The van der Waals surface area contributed by atoms with E-state index in [2.05, 4.69) is 30.7 Å². The molecule has 0 saturated carbocycles. The molecule has 0 radical (unpaired) electrons. The second-order valence-corrected chi connectivity index (χ2v) is 8.62. The van der Waals surface area contributed by atoms with Gasteiger partial charge in [-0.3, -0.25) is 4.79 Å². The lowest BCUT2D eigenvalue weighted by Gasteiger charge is -2.11. The lowest BCUT2D eigenvalue weighted by Crippen LogP contribution is -2.39. The van der Waals surface area contributed by atoms with Crippen molar-refractivity contribution >= 4 is 17.6 Å². The van der Waals surface area contributed by atoms with E-state index >= 15 is 0 Å². The first-order chi connectivity index (χ1) is 16.0. The number of aryl methyl sites for hydroxylation is 1. The predicted octanol–water partition coefficient (Wildman–Crippen LogP) is 4.13. The summed E-state index contributed by atoms with van der Waals surface area (Å²) >= 11 is 0. The zero-order valence-corrected chi connectivity index (χ0v) is 19.1. The summed E-state index contributed by atoms with van der Waals surface area (Å²) in [5.41, 5.74) is 3.11. The van der Waals surface area contributed by atoms with E-state index in [1.165, 1.54) is 6.42 Å². The molecule has 3 aromatic rings. The molecule has 1 aromatic heterocycles. The Morgan fingerprint density at radius 3 is 2.64 bits per heavy atom. The van der Waals surface area contributed by atoms with Crippen LogP contribution < -0.4 is 16.0 Å². The van der Waals surface area contributed by atoms with Gasteiger partial charge < -0.3 is 20.5 Å². The fourth-order valence-electron chi connectivity index (χ4n) is 3.91. The van der Waals surface area contributed by atoms with E-state index in [1.54, 1.807) is 12.1 Å². The van der Waals surface area contributed by atoms with Crippen molar-refractivity contribution in [2.24, 2.45) is 0 Å². The van der Waals surface area contributed by atoms with Gasteiger partial charge in [-0.25, -0.2) is 4.79 Å². The van der Waals surface area contributed by atoms with Crippen molar-refractivity contribution in [1.82, 2.24) is 25.4 Å². The van der Waals surface area contributed by atoms with Gasteiger partial charge >= 0.3 is 6.03 Å². The number of carbonyl (C=O) groups excluding carboxylic acids is 2. The van der Waals surface area contributed by atoms with Crippen LogP contribution >= 0.6 is 0 Å². The second kappa shape index (κ2) is 10.3. The van der Waals surface area contributed by atoms with Gasteiger partial charge in [-0.2, -0.15) is 0 Å². The van der Waals surface area contributed by atoms with Crippen molar-refractivity contribution in [3.05, 3.63) is 65.5 Å². The Kier molecular flexibility index (Phi) is 7.02. The lowest BCUT2D eigenvalue weighted by molar-refractivity contribution is 0.102. The van der Waals surface area contributed by atoms with Crippen LogP contribution in [0.25, 0.3) is 11.4 Å². The van der Waals surface area contributed by atoms with E-state index in [4.69, 9.17) is 0 Å². The summed E-state index contributed by atoms with van der Waals surface area (Å²) in [6, 6.07) is 14.8.